The molecule has 2 unspecified atom stereocenters. The van der Waals surface area contributed by atoms with Gasteiger partial charge in [0.2, 0.25) is 0 Å². The predicted octanol–water partition coefficient (Wildman–Crippen LogP) is 4.04. The maximum Gasteiger partial charge on any atom is 0.119 e. The zero-order valence-corrected chi connectivity index (χ0v) is 26.9. The minimum Gasteiger partial charge on any atom is -0.491 e. The quantitative estimate of drug-likeness (QED) is 0.322. The van der Waals surface area contributed by atoms with Crippen molar-refractivity contribution < 1.29 is 19.7 Å². The summed E-state index contributed by atoms with van der Waals surface area (Å²) in [7, 11) is 0. The van der Waals surface area contributed by atoms with Gasteiger partial charge in [0.25, 0.3) is 0 Å². The summed E-state index contributed by atoms with van der Waals surface area (Å²) in [5.41, 5.74) is 7.83. The molecule has 0 spiro atoms. The van der Waals surface area contributed by atoms with Gasteiger partial charge in [0.1, 0.15) is 36.9 Å². The van der Waals surface area contributed by atoms with E-state index in [1.807, 2.05) is 24.3 Å². The lowest BCUT2D eigenvalue weighted by Crippen LogP contribution is -2.49. The molecule has 2 fully saturated rings. The Hall–Kier alpha value is -3.30. The third kappa shape index (κ3) is 8.88. The van der Waals surface area contributed by atoms with Crippen molar-refractivity contribution in [2.75, 3.05) is 88.5 Å². The molecule has 0 bridgehead atoms. The van der Waals surface area contributed by atoms with Crippen LogP contribution in [0.25, 0.3) is 0 Å². The van der Waals surface area contributed by atoms with Gasteiger partial charge in [-0.15, -0.1) is 0 Å². The highest BCUT2D eigenvalue weighted by molar-refractivity contribution is 5.55. The molecule has 2 saturated heterocycles. The van der Waals surface area contributed by atoms with Gasteiger partial charge in [-0.1, -0.05) is 35.4 Å². The van der Waals surface area contributed by atoms with Crippen LogP contribution in [0.5, 0.6) is 11.5 Å². The molecule has 2 aliphatic rings. The van der Waals surface area contributed by atoms with E-state index in [1.165, 1.54) is 33.6 Å². The molecule has 2 N–H and O–H groups in total. The third-order valence-corrected chi connectivity index (χ3v) is 8.78. The molecule has 0 radical (unpaired) electrons. The Labute approximate surface area is 263 Å². The van der Waals surface area contributed by atoms with Crippen molar-refractivity contribution in [1.82, 2.24) is 9.80 Å². The fourth-order valence-electron chi connectivity index (χ4n) is 6.38. The summed E-state index contributed by atoms with van der Waals surface area (Å²) < 4.78 is 11.7. The minimum absolute atomic E-state index is 0.243. The number of aryl methyl sites for hydroxylation is 4. The van der Waals surface area contributed by atoms with E-state index < -0.39 is 12.2 Å². The number of β-amino-alcohol motifs (C(OH)–C–C–N with tert-alkyl or cyclic N) is 2. The van der Waals surface area contributed by atoms with E-state index in [9.17, 15) is 10.2 Å². The molecule has 0 aliphatic carbocycles. The molecule has 3 aromatic carbocycles. The number of benzene rings is 3. The van der Waals surface area contributed by atoms with Gasteiger partial charge in [0, 0.05) is 76.8 Å². The number of anilines is 2. The third-order valence-electron chi connectivity index (χ3n) is 8.78. The van der Waals surface area contributed by atoms with E-state index >= 15 is 0 Å². The van der Waals surface area contributed by atoms with Gasteiger partial charge in [-0.3, -0.25) is 9.80 Å². The average Bonchev–Trinajstić information content (AvgIpc) is 3.01. The molecule has 8 nitrogen and oxygen atoms in total. The summed E-state index contributed by atoms with van der Waals surface area (Å²) in [5.74, 6) is 1.39. The SMILES string of the molecule is Cc1ccc(N2CCN(CC(O)COc3ccc(OCC(O)CN4CCN(c5ccc(C)cc5C)CC4)cc3)CC2)c(C)c1. The maximum atomic E-state index is 10.6. The summed E-state index contributed by atoms with van der Waals surface area (Å²) in [6.45, 7) is 17.8. The van der Waals surface area contributed by atoms with Crippen molar-refractivity contribution in [3.05, 3.63) is 82.9 Å². The van der Waals surface area contributed by atoms with Crippen LogP contribution >= 0.6 is 0 Å². The number of hydrogen-bond acceptors (Lipinski definition) is 8. The molecular weight excluding hydrogens is 552 g/mol. The van der Waals surface area contributed by atoms with Crippen molar-refractivity contribution in [1.29, 1.82) is 0 Å². The molecule has 8 heteroatoms. The average molecular weight is 603 g/mol. The van der Waals surface area contributed by atoms with Crippen LogP contribution in [0.2, 0.25) is 0 Å². The molecule has 5 rings (SSSR count). The summed E-state index contributed by atoms with van der Waals surface area (Å²) in [5, 5.41) is 21.2. The molecule has 2 atom stereocenters. The second-order valence-corrected chi connectivity index (χ2v) is 12.6. The molecule has 0 amide bonds. The van der Waals surface area contributed by atoms with Gasteiger partial charge in [-0.2, -0.15) is 0 Å². The summed E-state index contributed by atoms with van der Waals surface area (Å²) in [6.07, 6.45) is -1.12. The highest BCUT2D eigenvalue weighted by Crippen LogP contribution is 2.24. The maximum absolute atomic E-state index is 10.6. The Morgan fingerprint density at radius 3 is 1.25 bits per heavy atom. The molecule has 3 aromatic rings. The van der Waals surface area contributed by atoms with Crippen molar-refractivity contribution in [2.24, 2.45) is 0 Å². The van der Waals surface area contributed by atoms with Gasteiger partial charge in [-0.05, 0) is 75.2 Å². The van der Waals surface area contributed by atoms with E-state index in [4.69, 9.17) is 9.47 Å². The van der Waals surface area contributed by atoms with Gasteiger partial charge in [0.15, 0.2) is 0 Å². The smallest absolute Gasteiger partial charge is 0.119 e. The highest BCUT2D eigenvalue weighted by Gasteiger charge is 2.22. The van der Waals surface area contributed by atoms with Crippen LogP contribution in [0.4, 0.5) is 11.4 Å². The monoisotopic (exact) mass is 602 g/mol. The first-order chi connectivity index (χ1) is 21.2. The normalized spacial score (nSPS) is 17.9. The molecule has 0 aromatic heterocycles. The lowest BCUT2D eigenvalue weighted by molar-refractivity contribution is 0.0650. The lowest BCUT2D eigenvalue weighted by atomic mass is 10.1. The van der Waals surface area contributed by atoms with Crippen LogP contribution in [0.15, 0.2) is 60.7 Å². The molecule has 44 heavy (non-hydrogen) atoms. The standard InChI is InChI=1S/C36H50N4O4/c1-27-5-11-35(29(3)21-27)39-17-13-37(14-18-39)23-31(41)25-43-33-7-9-34(10-8-33)44-26-32(42)24-38-15-19-40(20-16-38)36-12-6-28(2)22-30(36)4/h5-12,21-22,31-32,41-42H,13-20,23-26H2,1-4H3. The molecule has 238 valence electrons. The van der Waals surface area contributed by atoms with E-state index in [1.54, 1.807) is 0 Å². The Morgan fingerprint density at radius 2 is 0.909 bits per heavy atom. The Kier molecular flexibility index (Phi) is 11.0. The number of ether oxygens (including phenoxy) is 2. The number of nitrogens with zero attached hydrogens (tertiary/aromatic N) is 4. The molecule has 2 aliphatic heterocycles. The Balaban J connectivity index is 0.963. The van der Waals surface area contributed by atoms with E-state index in [0.717, 1.165) is 52.4 Å². The van der Waals surface area contributed by atoms with Crippen LogP contribution in [-0.2, 0) is 0 Å². The first kappa shape index (κ1) is 32.1. The number of hydrogen-bond donors (Lipinski definition) is 2. The van der Waals surface area contributed by atoms with Gasteiger partial charge < -0.3 is 29.5 Å². The van der Waals surface area contributed by atoms with Crippen LogP contribution in [0.1, 0.15) is 22.3 Å². The second-order valence-electron chi connectivity index (χ2n) is 12.6. The van der Waals surface area contributed by atoms with Crippen molar-refractivity contribution in [3.63, 3.8) is 0 Å². The van der Waals surface area contributed by atoms with Gasteiger partial charge in [0.05, 0.1) is 0 Å². The summed E-state index contributed by atoms with van der Waals surface area (Å²) >= 11 is 0. The van der Waals surface area contributed by atoms with Crippen LogP contribution in [0.3, 0.4) is 0 Å². The van der Waals surface area contributed by atoms with Crippen LogP contribution in [-0.4, -0.2) is 111 Å². The number of aliphatic hydroxyl groups is 2. The summed E-state index contributed by atoms with van der Waals surface area (Å²) in [4.78, 5) is 9.48. The fraction of sp³-hybridized carbons (Fsp3) is 0.500. The van der Waals surface area contributed by atoms with Crippen molar-refractivity contribution in [3.8, 4) is 11.5 Å². The minimum atomic E-state index is -0.559. The van der Waals surface area contributed by atoms with Gasteiger partial charge >= 0.3 is 0 Å². The van der Waals surface area contributed by atoms with Crippen LogP contribution in [0, 0.1) is 27.7 Å². The van der Waals surface area contributed by atoms with Gasteiger partial charge in [-0.25, -0.2) is 0 Å². The van der Waals surface area contributed by atoms with E-state index in [0.29, 0.717) is 24.6 Å². The zero-order chi connectivity index (χ0) is 31.1. The number of piperazine rings is 2. The Bertz CT molecular complexity index is 1230. The molecule has 2 heterocycles. The van der Waals surface area contributed by atoms with Crippen LogP contribution < -0.4 is 19.3 Å². The van der Waals surface area contributed by atoms with E-state index in [-0.39, 0.29) is 13.2 Å². The Morgan fingerprint density at radius 1 is 0.545 bits per heavy atom. The topological polar surface area (TPSA) is 71.9 Å². The molecular formula is C36H50N4O4. The predicted molar refractivity (Wildman–Crippen MR) is 179 cm³/mol. The zero-order valence-electron chi connectivity index (χ0n) is 26.9. The second kappa shape index (κ2) is 15.1. The number of rotatable bonds is 12. The largest absolute Gasteiger partial charge is 0.491 e. The first-order valence-corrected chi connectivity index (χ1v) is 16.0. The lowest BCUT2D eigenvalue weighted by Gasteiger charge is -2.37. The van der Waals surface area contributed by atoms with Crippen molar-refractivity contribution in [2.45, 2.75) is 39.9 Å². The highest BCUT2D eigenvalue weighted by atomic mass is 16.5. The number of aliphatic hydroxyl groups excluding tert-OH is 2. The first-order valence-electron chi connectivity index (χ1n) is 16.0. The summed E-state index contributed by atoms with van der Waals surface area (Å²) in [6, 6.07) is 20.7. The fourth-order valence-corrected chi connectivity index (χ4v) is 6.38. The molecule has 0 saturated carbocycles. The van der Waals surface area contributed by atoms with Crippen molar-refractivity contribution >= 4 is 11.4 Å². The van der Waals surface area contributed by atoms with E-state index in [2.05, 4.69) is 83.7 Å².